The number of aliphatic carboxylic acids is 1. The van der Waals surface area contributed by atoms with Gasteiger partial charge >= 0.3 is 5.97 Å². The van der Waals surface area contributed by atoms with Gasteiger partial charge in [-0.1, -0.05) is 0 Å². The summed E-state index contributed by atoms with van der Waals surface area (Å²) < 4.78 is 5.27. The van der Waals surface area contributed by atoms with Gasteiger partial charge in [-0.25, -0.2) is 4.79 Å². The number of rotatable bonds is 3. The molecule has 102 valence electrons. The number of nitrogens with zero attached hydrogens (tertiary/aromatic N) is 1. The molecule has 1 aromatic heterocycles. The molecular weight excluding hydrogens is 250 g/mol. The molecular formula is C13H15NO5. The van der Waals surface area contributed by atoms with Crippen LogP contribution in [0.5, 0.6) is 0 Å². The number of aryl methyl sites for hydroxylation is 1. The Morgan fingerprint density at radius 3 is 2.79 bits per heavy atom. The van der Waals surface area contributed by atoms with Gasteiger partial charge in [-0.15, -0.1) is 0 Å². The van der Waals surface area contributed by atoms with Crippen LogP contribution in [0.1, 0.15) is 17.9 Å². The van der Waals surface area contributed by atoms with Crippen LogP contribution in [-0.2, 0) is 9.59 Å². The molecule has 19 heavy (non-hydrogen) atoms. The fourth-order valence-electron chi connectivity index (χ4n) is 2.08. The Labute approximate surface area is 109 Å². The molecule has 1 aromatic rings. The molecule has 2 N–H and O–H groups in total. The van der Waals surface area contributed by atoms with Gasteiger partial charge in [0.05, 0.1) is 6.10 Å². The Balaban J connectivity index is 2.06. The Morgan fingerprint density at radius 1 is 1.47 bits per heavy atom. The van der Waals surface area contributed by atoms with Crippen molar-refractivity contribution in [2.24, 2.45) is 0 Å². The normalized spacial score (nSPS) is 23.2. The van der Waals surface area contributed by atoms with Gasteiger partial charge in [0.1, 0.15) is 17.6 Å². The first-order valence-corrected chi connectivity index (χ1v) is 5.93. The number of likely N-dealkylation sites (tertiary alicyclic amines) is 1. The Morgan fingerprint density at radius 2 is 2.21 bits per heavy atom. The van der Waals surface area contributed by atoms with Gasteiger partial charge in [0.15, 0.2) is 0 Å². The van der Waals surface area contributed by atoms with Crippen molar-refractivity contribution in [1.29, 1.82) is 0 Å². The number of aliphatic hydroxyl groups excluding tert-OH is 1. The number of carbonyl (C=O) groups is 2. The zero-order valence-electron chi connectivity index (χ0n) is 10.4. The zero-order valence-corrected chi connectivity index (χ0v) is 10.4. The molecule has 1 saturated heterocycles. The van der Waals surface area contributed by atoms with E-state index in [1.54, 1.807) is 19.1 Å². The minimum absolute atomic E-state index is 0.0390. The molecule has 1 amide bonds. The van der Waals surface area contributed by atoms with Crippen molar-refractivity contribution in [3.8, 4) is 0 Å². The van der Waals surface area contributed by atoms with Crippen LogP contribution in [0, 0.1) is 6.92 Å². The predicted molar refractivity (Wildman–Crippen MR) is 66.2 cm³/mol. The van der Waals surface area contributed by atoms with Gasteiger partial charge in [-0.3, -0.25) is 4.79 Å². The molecule has 0 saturated carbocycles. The summed E-state index contributed by atoms with van der Waals surface area (Å²) >= 11 is 0. The number of amides is 1. The van der Waals surface area contributed by atoms with Gasteiger partial charge in [0.25, 0.3) is 0 Å². The second-order valence-corrected chi connectivity index (χ2v) is 4.52. The quantitative estimate of drug-likeness (QED) is 0.783. The third kappa shape index (κ3) is 3.03. The largest absolute Gasteiger partial charge is 0.480 e. The van der Waals surface area contributed by atoms with Crippen LogP contribution < -0.4 is 0 Å². The molecule has 0 bridgehead atoms. The molecule has 2 atom stereocenters. The molecule has 1 fully saturated rings. The lowest BCUT2D eigenvalue weighted by atomic mass is 10.2. The molecule has 1 aliphatic heterocycles. The Hall–Kier alpha value is -2.08. The maximum absolute atomic E-state index is 11.9. The predicted octanol–water partition coefficient (Wildman–Crippen LogP) is 0.648. The van der Waals surface area contributed by atoms with E-state index in [1.165, 1.54) is 12.2 Å². The smallest absolute Gasteiger partial charge is 0.326 e. The van der Waals surface area contributed by atoms with E-state index in [9.17, 15) is 14.7 Å². The average molecular weight is 265 g/mol. The SMILES string of the molecule is Cc1ccc(C=CC(=O)N2C[C@H](O)C[C@@H]2C(=O)O)o1. The van der Waals surface area contributed by atoms with Crippen molar-refractivity contribution >= 4 is 18.0 Å². The highest BCUT2D eigenvalue weighted by molar-refractivity contribution is 5.94. The molecule has 0 spiro atoms. The van der Waals surface area contributed by atoms with E-state index in [0.717, 1.165) is 10.7 Å². The van der Waals surface area contributed by atoms with Gasteiger partial charge in [0, 0.05) is 19.0 Å². The Kier molecular flexibility index (Phi) is 3.71. The van der Waals surface area contributed by atoms with Gasteiger partial charge < -0.3 is 19.5 Å². The molecule has 6 heteroatoms. The summed E-state index contributed by atoms with van der Waals surface area (Å²) in [6.45, 7) is 1.83. The number of hydrogen-bond donors (Lipinski definition) is 2. The first-order valence-electron chi connectivity index (χ1n) is 5.93. The van der Waals surface area contributed by atoms with E-state index in [0.29, 0.717) is 5.76 Å². The second-order valence-electron chi connectivity index (χ2n) is 4.52. The van der Waals surface area contributed by atoms with E-state index < -0.39 is 24.0 Å². The minimum Gasteiger partial charge on any atom is -0.480 e. The first kappa shape index (κ1) is 13.4. The molecule has 2 heterocycles. The highest BCUT2D eigenvalue weighted by Crippen LogP contribution is 2.19. The lowest BCUT2D eigenvalue weighted by Crippen LogP contribution is -2.39. The van der Waals surface area contributed by atoms with Gasteiger partial charge in [-0.05, 0) is 25.1 Å². The molecule has 0 aliphatic carbocycles. The van der Waals surface area contributed by atoms with Crippen LogP contribution in [0.3, 0.4) is 0 Å². The fraction of sp³-hybridized carbons (Fsp3) is 0.385. The van der Waals surface area contributed by atoms with Crippen LogP contribution >= 0.6 is 0 Å². The molecule has 2 rings (SSSR count). The third-order valence-electron chi connectivity index (χ3n) is 3.00. The van der Waals surface area contributed by atoms with Crippen molar-refractivity contribution < 1.29 is 24.2 Å². The third-order valence-corrected chi connectivity index (χ3v) is 3.00. The summed E-state index contributed by atoms with van der Waals surface area (Å²) in [5.41, 5.74) is 0. The molecule has 0 radical (unpaired) electrons. The maximum atomic E-state index is 11.9. The molecule has 6 nitrogen and oxygen atoms in total. The number of furan rings is 1. The van der Waals surface area contributed by atoms with E-state index >= 15 is 0 Å². The van der Waals surface area contributed by atoms with E-state index in [-0.39, 0.29) is 13.0 Å². The summed E-state index contributed by atoms with van der Waals surface area (Å²) in [6, 6.07) is 2.52. The molecule has 0 unspecified atom stereocenters. The van der Waals surface area contributed by atoms with Crippen LogP contribution in [0.2, 0.25) is 0 Å². The van der Waals surface area contributed by atoms with E-state index in [4.69, 9.17) is 9.52 Å². The number of aliphatic hydroxyl groups is 1. The maximum Gasteiger partial charge on any atom is 0.326 e. The zero-order chi connectivity index (χ0) is 14.0. The van der Waals surface area contributed by atoms with E-state index in [2.05, 4.69) is 0 Å². The van der Waals surface area contributed by atoms with Crippen molar-refractivity contribution in [2.45, 2.75) is 25.5 Å². The highest BCUT2D eigenvalue weighted by Gasteiger charge is 2.37. The summed E-state index contributed by atoms with van der Waals surface area (Å²) in [4.78, 5) is 24.1. The number of carbonyl (C=O) groups excluding carboxylic acids is 1. The minimum atomic E-state index is -1.10. The average Bonchev–Trinajstić information content (AvgIpc) is 2.92. The van der Waals surface area contributed by atoms with Crippen LogP contribution in [0.25, 0.3) is 6.08 Å². The number of hydrogen-bond acceptors (Lipinski definition) is 4. The van der Waals surface area contributed by atoms with Crippen LogP contribution in [-0.4, -0.2) is 45.7 Å². The summed E-state index contributed by atoms with van der Waals surface area (Å²) in [7, 11) is 0. The topological polar surface area (TPSA) is 91.0 Å². The fourth-order valence-corrected chi connectivity index (χ4v) is 2.08. The van der Waals surface area contributed by atoms with Crippen molar-refractivity contribution in [2.75, 3.05) is 6.54 Å². The molecule has 1 aliphatic rings. The first-order chi connectivity index (χ1) is 8.97. The van der Waals surface area contributed by atoms with Crippen LogP contribution in [0.4, 0.5) is 0 Å². The number of carboxylic acids is 1. The Bertz CT molecular complexity index is 519. The number of β-amino-alcohol motifs (C(OH)–C–C–N with tert-alkyl or cyclic N) is 1. The monoisotopic (exact) mass is 265 g/mol. The number of carboxylic acid groups (broad SMARTS) is 1. The van der Waals surface area contributed by atoms with Crippen molar-refractivity contribution in [3.05, 3.63) is 29.7 Å². The molecule has 0 aromatic carbocycles. The lowest BCUT2D eigenvalue weighted by Gasteiger charge is -2.18. The van der Waals surface area contributed by atoms with Crippen molar-refractivity contribution in [3.63, 3.8) is 0 Å². The highest BCUT2D eigenvalue weighted by atomic mass is 16.4. The summed E-state index contributed by atoms with van der Waals surface area (Å²) in [6.07, 6.45) is 2.02. The van der Waals surface area contributed by atoms with Crippen LogP contribution in [0.15, 0.2) is 22.6 Å². The van der Waals surface area contributed by atoms with Gasteiger partial charge in [0.2, 0.25) is 5.91 Å². The summed E-state index contributed by atoms with van der Waals surface area (Å²) in [5.74, 6) is -0.297. The lowest BCUT2D eigenvalue weighted by molar-refractivity contribution is -0.146. The summed E-state index contributed by atoms with van der Waals surface area (Å²) in [5, 5.41) is 18.4. The van der Waals surface area contributed by atoms with E-state index in [1.807, 2.05) is 0 Å². The van der Waals surface area contributed by atoms with Crippen molar-refractivity contribution in [1.82, 2.24) is 4.90 Å². The second kappa shape index (κ2) is 5.27. The van der Waals surface area contributed by atoms with Gasteiger partial charge in [-0.2, -0.15) is 0 Å². The standard InChI is InChI=1S/C13H15NO5/c1-8-2-3-10(19-8)4-5-12(16)14-7-9(15)6-11(14)13(17)18/h2-5,9,11,15H,6-7H2,1H3,(H,17,18)/t9-,11-/m1/s1.